The van der Waals surface area contributed by atoms with Crippen molar-refractivity contribution in [2.45, 2.75) is 19.9 Å². The summed E-state index contributed by atoms with van der Waals surface area (Å²) in [5.74, 6) is 0.312. The van der Waals surface area contributed by atoms with E-state index in [2.05, 4.69) is 45.9 Å². The number of carbonyl (C=O) groups excluding carboxylic acids is 1. The molecule has 0 aliphatic carbocycles. The number of H-pyrrole nitrogens is 1. The quantitative estimate of drug-likeness (QED) is 0.334. The molecule has 0 saturated carbocycles. The van der Waals surface area contributed by atoms with Gasteiger partial charge in [-0.15, -0.1) is 0 Å². The molecule has 5 rings (SSSR count). The molecular formula is C27H24N6O. The smallest absolute Gasteiger partial charge is 0.248 e. The molecule has 34 heavy (non-hydrogen) atoms. The van der Waals surface area contributed by atoms with Gasteiger partial charge in [-0.2, -0.15) is 5.10 Å². The van der Waals surface area contributed by atoms with Crippen LogP contribution in [0.15, 0.2) is 85.8 Å². The van der Waals surface area contributed by atoms with Gasteiger partial charge in [0.05, 0.1) is 12.2 Å². The van der Waals surface area contributed by atoms with Crippen LogP contribution >= 0.6 is 0 Å². The fourth-order valence-electron chi connectivity index (χ4n) is 3.93. The van der Waals surface area contributed by atoms with E-state index in [1.54, 1.807) is 10.9 Å². The van der Waals surface area contributed by atoms with Gasteiger partial charge >= 0.3 is 0 Å². The predicted molar refractivity (Wildman–Crippen MR) is 134 cm³/mol. The molecule has 2 N–H and O–H groups in total. The molecule has 168 valence electrons. The highest BCUT2D eigenvalue weighted by Gasteiger charge is 2.15. The van der Waals surface area contributed by atoms with Crippen molar-refractivity contribution in [2.75, 3.05) is 5.32 Å². The number of fused-ring (bicyclic) bond motifs is 1. The predicted octanol–water partition coefficient (Wildman–Crippen LogP) is 5.22. The number of carbonyl (C=O) groups is 1. The molecule has 0 spiro atoms. The van der Waals surface area contributed by atoms with Crippen LogP contribution in [0.5, 0.6) is 0 Å². The standard InChI is InChI=1S/C27H24N6O/c1-3-21-12-19(10-11-28-21)23-16-30-27-22(23)13-20(15-29-27)24-14-25(31-26(34)4-2)33(32-24)17-18-8-6-5-7-9-18/h4-16H,2-3,17H2,1H3,(H,29,30)(H,31,34). The Hall–Kier alpha value is -4.52. The van der Waals surface area contributed by atoms with E-state index in [4.69, 9.17) is 5.10 Å². The first-order chi connectivity index (χ1) is 16.6. The summed E-state index contributed by atoms with van der Waals surface area (Å²) in [4.78, 5) is 24.3. The molecule has 7 nitrogen and oxygen atoms in total. The number of nitrogens with one attached hydrogen (secondary N) is 2. The zero-order valence-corrected chi connectivity index (χ0v) is 18.8. The minimum Gasteiger partial charge on any atom is -0.346 e. The van der Waals surface area contributed by atoms with Crippen LogP contribution in [0.3, 0.4) is 0 Å². The Kier molecular flexibility index (Phi) is 5.74. The third kappa shape index (κ3) is 4.23. The lowest BCUT2D eigenvalue weighted by molar-refractivity contribution is -0.111. The summed E-state index contributed by atoms with van der Waals surface area (Å²) >= 11 is 0. The lowest BCUT2D eigenvalue weighted by Crippen LogP contribution is -2.13. The van der Waals surface area contributed by atoms with E-state index in [0.29, 0.717) is 12.4 Å². The number of aryl methyl sites for hydroxylation is 1. The topological polar surface area (TPSA) is 88.5 Å². The molecule has 1 amide bonds. The minimum absolute atomic E-state index is 0.285. The monoisotopic (exact) mass is 448 g/mol. The second-order valence-electron chi connectivity index (χ2n) is 7.96. The highest BCUT2D eigenvalue weighted by atomic mass is 16.1. The molecule has 5 aromatic rings. The van der Waals surface area contributed by atoms with Crippen molar-refractivity contribution in [2.24, 2.45) is 0 Å². The lowest BCUT2D eigenvalue weighted by Gasteiger charge is -2.07. The van der Waals surface area contributed by atoms with Gasteiger partial charge in [0.2, 0.25) is 5.91 Å². The first-order valence-electron chi connectivity index (χ1n) is 11.1. The van der Waals surface area contributed by atoms with Gasteiger partial charge in [0.25, 0.3) is 0 Å². The second kappa shape index (κ2) is 9.15. The average Bonchev–Trinajstić information content (AvgIpc) is 3.48. The zero-order chi connectivity index (χ0) is 23.5. The average molecular weight is 449 g/mol. The first kappa shape index (κ1) is 21.3. The second-order valence-corrected chi connectivity index (χ2v) is 7.96. The summed E-state index contributed by atoms with van der Waals surface area (Å²) in [7, 11) is 0. The summed E-state index contributed by atoms with van der Waals surface area (Å²) in [6.07, 6.45) is 7.72. The third-order valence-corrected chi connectivity index (χ3v) is 5.71. The normalized spacial score (nSPS) is 11.0. The Balaban J connectivity index is 1.56. The van der Waals surface area contributed by atoms with Crippen LogP contribution in [0.1, 0.15) is 18.2 Å². The lowest BCUT2D eigenvalue weighted by atomic mass is 10.0. The Bertz CT molecular complexity index is 1480. The first-order valence-corrected chi connectivity index (χ1v) is 11.1. The maximum Gasteiger partial charge on any atom is 0.248 e. The van der Waals surface area contributed by atoms with Gasteiger partial charge in [-0.05, 0) is 41.8 Å². The summed E-state index contributed by atoms with van der Waals surface area (Å²) in [6, 6.07) is 18.0. The van der Waals surface area contributed by atoms with Crippen molar-refractivity contribution < 1.29 is 4.79 Å². The van der Waals surface area contributed by atoms with Gasteiger partial charge in [0, 0.05) is 46.9 Å². The van der Waals surface area contributed by atoms with E-state index in [-0.39, 0.29) is 5.91 Å². The number of anilines is 1. The zero-order valence-electron chi connectivity index (χ0n) is 18.8. The number of hydrogen-bond acceptors (Lipinski definition) is 4. The molecule has 0 unspecified atom stereocenters. The van der Waals surface area contributed by atoms with Crippen LogP contribution in [0, 0.1) is 0 Å². The number of aromatic amines is 1. The SMILES string of the molecule is C=CC(=O)Nc1cc(-c2cnc3[nH]cc(-c4ccnc(CC)c4)c3c2)nn1Cc1ccccc1. The van der Waals surface area contributed by atoms with E-state index in [1.807, 2.05) is 54.9 Å². The number of hydrogen-bond donors (Lipinski definition) is 2. The van der Waals surface area contributed by atoms with Crippen LogP contribution in [0.2, 0.25) is 0 Å². The fraction of sp³-hybridized carbons (Fsp3) is 0.111. The number of rotatable bonds is 7. The molecule has 0 atom stereocenters. The van der Waals surface area contributed by atoms with Crippen molar-refractivity contribution >= 4 is 22.8 Å². The molecule has 0 saturated heterocycles. The van der Waals surface area contributed by atoms with E-state index in [1.165, 1.54) is 6.08 Å². The summed E-state index contributed by atoms with van der Waals surface area (Å²) in [6.45, 7) is 6.17. The summed E-state index contributed by atoms with van der Waals surface area (Å²) in [5, 5.41) is 8.65. The van der Waals surface area contributed by atoms with Crippen LogP contribution in [-0.4, -0.2) is 30.6 Å². The highest BCUT2D eigenvalue weighted by molar-refractivity contribution is 5.99. The maximum atomic E-state index is 12.0. The molecular weight excluding hydrogens is 424 g/mol. The molecule has 4 aromatic heterocycles. The summed E-state index contributed by atoms with van der Waals surface area (Å²) < 4.78 is 1.78. The number of nitrogens with zero attached hydrogens (tertiary/aromatic N) is 4. The molecule has 7 heteroatoms. The fourth-order valence-corrected chi connectivity index (χ4v) is 3.93. The molecule has 0 radical (unpaired) electrons. The number of amides is 1. The van der Waals surface area contributed by atoms with Gasteiger partial charge in [-0.3, -0.25) is 9.78 Å². The van der Waals surface area contributed by atoms with Gasteiger partial charge < -0.3 is 10.3 Å². The molecule has 1 aromatic carbocycles. The van der Waals surface area contributed by atoms with Crippen LogP contribution in [0.25, 0.3) is 33.4 Å². The number of pyridine rings is 2. The van der Waals surface area contributed by atoms with E-state index in [0.717, 1.165) is 51.1 Å². The largest absolute Gasteiger partial charge is 0.346 e. The molecule has 0 bridgehead atoms. The Labute approximate surface area is 197 Å². The molecule has 4 heterocycles. The minimum atomic E-state index is -0.285. The van der Waals surface area contributed by atoms with Gasteiger partial charge in [-0.1, -0.05) is 43.8 Å². The third-order valence-electron chi connectivity index (χ3n) is 5.71. The van der Waals surface area contributed by atoms with Gasteiger partial charge in [0.1, 0.15) is 11.5 Å². The number of aromatic nitrogens is 5. The van der Waals surface area contributed by atoms with Gasteiger partial charge in [0.15, 0.2) is 0 Å². The highest BCUT2D eigenvalue weighted by Crippen LogP contribution is 2.31. The summed E-state index contributed by atoms with van der Waals surface area (Å²) in [5.41, 5.74) is 6.66. The van der Waals surface area contributed by atoms with Crippen LogP contribution < -0.4 is 5.32 Å². The van der Waals surface area contributed by atoms with Crippen molar-refractivity contribution in [1.29, 1.82) is 0 Å². The Morgan fingerprint density at radius 2 is 1.97 bits per heavy atom. The van der Waals surface area contributed by atoms with Crippen molar-refractivity contribution in [3.8, 4) is 22.4 Å². The Morgan fingerprint density at radius 3 is 2.76 bits per heavy atom. The van der Waals surface area contributed by atoms with Crippen molar-refractivity contribution in [1.82, 2.24) is 24.7 Å². The van der Waals surface area contributed by atoms with E-state index >= 15 is 0 Å². The van der Waals surface area contributed by atoms with Crippen LogP contribution in [0.4, 0.5) is 5.82 Å². The number of benzene rings is 1. The van der Waals surface area contributed by atoms with E-state index in [9.17, 15) is 4.79 Å². The molecule has 0 aliphatic heterocycles. The van der Waals surface area contributed by atoms with Crippen molar-refractivity contribution in [3.05, 3.63) is 97.1 Å². The van der Waals surface area contributed by atoms with Crippen molar-refractivity contribution in [3.63, 3.8) is 0 Å². The molecule has 0 fully saturated rings. The van der Waals surface area contributed by atoms with E-state index < -0.39 is 0 Å². The Morgan fingerprint density at radius 1 is 1.12 bits per heavy atom. The molecule has 0 aliphatic rings. The maximum absolute atomic E-state index is 12.0. The van der Waals surface area contributed by atoms with Crippen LogP contribution in [-0.2, 0) is 17.8 Å². The van der Waals surface area contributed by atoms with Gasteiger partial charge in [-0.25, -0.2) is 9.67 Å².